The van der Waals surface area contributed by atoms with Crippen LogP contribution < -0.4 is 31.8 Å². The maximum atomic E-state index is 15.8. The van der Waals surface area contributed by atoms with Gasteiger partial charge >= 0.3 is 0 Å². The lowest BCUT2D eigenvalue weighted by Crippen LogP contribution is -2.22. The molecule has 0 atom stereocenters. The van der Waals surface area contributed by atoms with E-state index >= 15 is 9.13 Å². The first-order chi connectivity index (χ1) is 24.1. The highest BCUT2D eigenvalue weighted by Gasteiger charge is 2.42. The molecule has 0 saturated carbocycles. The number of fused-ring (bicyclic) bond motifs is 14. The molecule has 0 unspecified atom stereocenters. The standard InChI is InChI=1S/C43H26N2O2P2/c46-48(37-19-7-3-13-29(37)30-14-4-8-20-38(30)48)27-24-25-36-34(26-27)28-12-1-2-17-33(28)43-44-35-18-11-23-41(42(35)45(36)43)49(47)39-21-9-5-15-31(39)32-16-6-10-22-40(32)49/h1-26H. The average Bonchev–Trinajstić information content (AvgIpc) is 3.78. The second-order valence-corrected chi connectivity index (χ2v) is 18.3. The molecular weight excluding hydrogens is 638 g/mol. The summed E-state index contributed by atoms with van der Waals surface area (Å²) in [6.07, 6.45) is 0. The highest BCUT2D eigenvalue weighted by molar-refractivity contribution is 7.87. The lowest BCUT2D eigenvalue weighted by atomic mass is 10.1. The van der Waals surface area contributed by atoms with Gasteiger partial charge in [0.15, 0.2) is 14.3 Å². The van der Waals surface area contributed by atoms with Gasteiger partial charge in [-0.2, -0.15) is 0 Å². The van der Waals surface area contributed by atoms with E-state index in [2.05, 4.69) is 52.9 Å². The van der Waals surface area contributed by atoms with Crippen molar-refractivity contribution in [2.75, 3.05) is 0 Å². The minimum absolute atomic E-state index is 0.780. The molecule has 6 heteroatoms. The highest BCUT2D eigenvalue weighted by atomic mass is 31.2. The first-order valence-electron chi connectivity index (χ1n) is 16.4. The molecule has 2 aliphatic rings. The highest BCUT2D eigenvalue weighted by Crippen LogP contribution is 2.54. The molecule has 0 bridgehead atoms. The van der Waals surface area contributed by atoms with E-state index < -0.39 is 14.3 Å². The number of para-hydroxylation sites is 1. The van der Waals surface area contributed by atoms with Gasteiger partial charge < -0.3 is 9.13 Å². The summed E-state index contributed by atoms with van der Waals surface area (Å²) in [5, 5.41) is 8.09. The Bertz CT molecular complexity index is 2930. The Kier molecular flexibility index (Phi) is 5.34. The third-order valence-corrected chi connectivity index (χ3v) is 16.9. The number of pyridine rings is 1. The smallest absolute Gasteiger partial charge is 0.174 e. The van der Waals surface area contributed by atoms with Crippen LogP contribution in [0.25, 0.3) is 60.6 Å². The molecule has 0 spiro atoms. The molecule has 0 radical (unpaired) electrons. The molecule has 9 aromatic rings. The second kappa shape index (κ2) is 9.55. The van der Waals surface area contributed by atoms with E-state index in [1.807, 2.05) is 109 Å². The first-order valence-corrected chi connectivity index (χ1v) is 19.9. The topological polar surface area (TPSA) is 51.4 Å². The molecule has 0 amide bonds. The van der Waals surface area contributed by atoms with Crippen LogP contribution in [-0.2, 0) is 9.13 Å². The SMILES string of the molecule is O=P1(c2ccc3c(c2)c2ccccc2c2nc4cccc(P5(=O)c6ccccc6-c6ccccc65)c4n32)c2ccccc2-c2ccccc21. The molecule has 4 nitrogen and oxygen atoms in total. The third-order valence-electron chi connectivity index (χ3n) is 10.6. The van der Waals surface area contributed by atoms with Crippen LogP contribution >= 0.6 is 14.3 Å². The maximum absolute atomic E-state index is 15.8. The van der Waals surface area contributed by atoms with Gasteiger partial charge in [0.2, 0.25) is 0 Å². The van der Waals surface area contributed by atoms with E-state index in [9.17, 15) is 0 Å². The second-order valence-electron chi connectivity index (χ2n) is 12.9. The fourth-order valence-corrected chi connectivity index (χ4v) is 14.8. The van der Waals surface area contributed by atoms with Crippen LogP contribution in [0.1, 0.15) is 0 Å². The van der Waals surface area contributed by atoms with E-state index in [0.717, 1.165) is 92.4 Å². The monoisotopic (exact) mass is 664 g/mol. The van der Waals surface area contributed by atoms with E-state index in [1.165, 1.54) is 0 Å². The normalized spacial score (nSPS) is 15.0. The fourth-order valence-electron chi connectivity index (χ4n) is 8.52. The van der Waals surface area contributed by atoms with Gasteiger partial charge in [-0.15, -0.1) is 0 Å². The number of benzene rings is 7. The third kappa shape index (κ3) is 3.33. The molecule has 7 aromatic carbocycles. The number of hydrogen-bond acceptors (Lipinski definition) is 3. The quantitative estimate of drug-likeness (QED) is 0.139. The van der Waals surface area contributed by atoms with Gasteiger partial charge in [-0.05, 0) is 58.0 Å². The maximum Gasteiger partial charge on any atom is 0.174 e. The van der Waals surface area contributed by atoms with Crippen molar-refractivity contribution in [3.63, 3.8) is 0 Å². The lowest BCUT2D eigenvalue weighted by Gasteiger charge is -2.19. The van der Waals surface area contributed by atoms with Crippen molar-refractivity contribution < 1.29 is 9.13 Å². The summed E-state index contributed by atoms with van der Waals surface area (Å²) in [4.78, 5) is 5.23. The molecule has 0 aliphatic carbocycles. The Morgan fingerprint density at radius 3 is 1.51 bits per heavy atom. The number of hydrogen-bond donors (Lipinski definition) is 0. The summed E-state index contributed by atoms with van der Waals surface area (Å²) in [6.45, 7) is 0. The van der Waals surface area contributed by atoms with Crippen LogP contribution in [0, 0.1) is 0 Å². The van der Waals surface area contributed by atoms with Crippen molar-refractivity contribution in [2.24, 2.45) is 0 Å². The van der Waals surface area contributed by atoms with E-state index in [0.29, 0.717) is 0 Å². The van der Waals surface area contributed by atoms with Gasteiger partial charge in [-0.25, -0.2) is 4.98 Å². The van der Waals surface area contributed by atoms with Crippen molar-refractivity contribution >= 4 is 84.5 Å². The summed E-state index contributed by atoms with van der Waals surface area (Å²) < 4.78 is 33.6. The van der Waals surface area contributed by atoms with Crippen LogP contribution in [0.5, 0.6) is 0 Å². The van der Waals surface area contributed by atoms with Gasteiger partial charge in [0.05, 0.1) is 16.6 Å². The molecule has 49 heavy (non-hydrogen) atoms. The summed E-state index contributed by atoms with van der Waals surface area (Å²) in [5.41, 5.74) is 7.51. The van der Waals surface area contributed by atoms with Crippen molar-refractivity contribution in [1.82, 2.24) is 9.38 Å². The Morgan fingerprint density at radius 2 is 0.918 bits per heavy atom. The Labute approximate surface area is 282 Å². The summed E-state index contributed by atoms with van der Waals surface area (Å²) >= 11 is 0. The van der Waals surface area contributed by atoms with Crippen molar-refractivity contribution in [2.45, 2.75) is 0 Å². The van der Waals surface area contributed by atoms with Crippen molar-refractivity contribution in [1.29, 1.82) is 0 Å². The van der Waals surface area contributed by atoms with Crippen LogP contribution in [0.2, 0.25) is 0 Å². The van der Waals surface area contributed by atoms with E-state index in [-0.39, 0.29) is 0 Å². The van der Waals surface area contributed by atoms with Crippen LogP contribution in [0.15, 0.2) is 158 Å². The average molecular weight is 665 g/mol. The minimum Gasteiger partial charge on any atom is -0.309 e. The van der Waals surface area contributed by atoms with Gasteiger partial charge in [0.25, 0.3) is 0 Å². The molecule has 0 saturated heterocycles. The number of aromatic nitrogens is 2. The van der Waals surface area contributed by atoms with Crippen LogP contribution in [0.3, 0.4) is 0 Å². The lowest BCUT2D eigenvalue weighted by molar-refractivity contribution is 0.592. The van der Waals surface area contributed by atoms with Gasteiger partial charge in [-0.1, -0.05) is 127 Å². The minimum atomic E-state index is -3.27. The fraction of sp³-hybridized carbons (Fsp3) is 0. The predicted octanol–water partition coefficient (Wildman–Crippen LogP) is 8.03. The molecule has 230 valence electrons. The largest absolute Gasteiger partial charge is 0.309 e. The zero-order chi connectivity index (χ0) is 32.5. The molecule has 2 aliphatic heterocycles. The van der Waals surface area contributed by atoms with Crippen molar-refractivity contribution in [3.8, 4) is 22.3 Å². The molecule has 0 N–H and O–H groups in total. The molecule has 0 fully saturated rings. The van der Waals surface area contributed by atoms with Gasteiger partial charge in [0.1, 0.15) is 5.65 Å². The summed E-state index contributed by atoms with van der Waals surface area (Å²) in [5.74, 6) is 0. The molecule has 4 heterocycles. The van der Waals surface area contributed by atoms with Gasteiger partial charge in [-0.3, -0.25) is 4.40 Å². The Balaban J connectivity index is 1.27. The molecule has 2 aromatic heterocycles. The summed E-state index contributed by atoms with van der Waals surface area (Å²) in [6, 6.07) is 53.0. The number of nitrogens with zero attached hydrogens (tertiary/aromatic N) is 2. The first kappa shape index (κ1) is 27.4. The zero-order valence-electron chi connectivity index (χ0n) is 26.1. The number of rotatable bonds is 2. The summed E-state index contributed by atoms with van der Waals surface area (Å²) in [7, 11) is -6.43. The molecule has 11 rings (SSSR count). The van der Waals surface area contributed by atoms with Crippen molar-refractivity contribution in [3.05, 3.63) is 158 Å². The van der Waals surface area contributed by atoms with E-state index in [4.69, 9.17) is 4.98 Å². The number of imidazole rings is 1. The Hall–Kier alpha value is -5.53. The Morgan fingerprint density at radius 1 is 0.429 bits per heavy atom. The zero-order valence-corrected chi connectivity index (χ0v) is 27.9. The predicted molar refractivity (Wildman–Crippen MR) is 204 cm³/mol. The van der Waals surface area contributed by atoms with E-state index in [1.54, 1.807) is 0 Å². The van der Waals surface area contributed by atoms with Crippen LogP contribution in [0.4, 0.5) is 0 Å². The van der Waals surface area contributed by atoms with Gasteiger partial charge in [0, 0.05) is 42.6 Å². The molecular formula is C43H26N2O2P2. The van der Waals surface area contributed by atoms with Crippen LogP contribution in [-0.4, -0.2) is 9.38 Å².